The van der Waals surface area contributed by atoms with Gasteiger partial charge in [-0.3, -0.25) is 9.59 Å². The van der Waals surface area contributed by atoms with Gasteiger partial charge in [-0.05, 0) is 23.3 Å². The molecule has 0 saturated carbocycles. The third-order valence-corrected chi connectivity index (χ3v) is 5.21. The Kier molecular flexibility index (Phi) is 6.84. The highest BCUT2D eigenvalue weighted by Gasteiger charge is 2.08. The van der Waals surface area contributed by atoms with E-state index in [0.717, 1.165) is 15.6 Å². The average molecular weight is 444 g/mol. The third-order valence-electron chi connectivity index (χ3n) is 3.74. The number of halogens is 1. The summed E-state index contributed by atoms with van der Waals surface area (Å²) < 4.78 is 1.02. The summed E-state index contributed by atoms with van der Waals surface area (Å²) in [5, 5.41) is 3.36. The van der Waals surface area contributed by atoms with Gasteiger partial charge in [0.05, 0.1) is 12.1 Å². The number of H-pyrrole nitrogens is 1. The molecular formula is C20H18BrN3O2S. The van der Waals surface area contributed by atoms with Crippen molar-refractivity contribution in [3.05, 3.63) is 92.3 Å². The highest BCUT2D eigenvalue weighted by atomic mass is 79.9. The van der Waals surface area contributed by atoms with Crippen molar-refractivity contribution in [2.45, 2.75) is 23.9 Å². The fraction of sp³-hybridized carbons (Fsp3) is 0.150. The average Bonchev–Trinajstić information content (AvgIpc) is 2.66. The van der Waals surface area contributed by atoms with Crippen LogP contribution in [0.15, 0.2) is 75.1 Å². The van der Waals surface area contributed by atoms with Crippen LogP contribution in [0, 0.1) is 0 Å². The summed E-state index contributed by atoms with van der Waals surface area (Å²) in [7, 11) is 0. The number of amides is 1. The number of rotatable bonds is 7. The molecule has 0 spiro atoms. The van der Waals surface area contributed by atoms with Gasteiger partial charge in [-0.1, -0.05) is 70.2 Å². The first-order chi connectivity index (χ1) is 13.1. The van der Waals surface area contributed by atoms with E-state index in [0.29, 0.717) is 23.1 Å². The van der Waals surface area contributed by atoms with E-state index in [4.69, 9.17) is 0 Å². The van der Waals surface area contributed by atoms with Crippen LogP contribution in [0.1, 0.15) is 16.8 Å². The zero-order valence-corrected chi connectivity index (χ0v) is 16.8. The van der Waals surface area contributed by atoms with Crippen LogP contribution in [0.5, 0.6) is 0 Å². The second-order valence-electron chi connectivity index (χ2n) is 5.90. The lowest BCUT2D eigenvalue weighted by molar-refractivity contribution is -0.120. The predicted molar refractivity (Wildman–Crippen MR) is 111 cm³/mol. The van der Waals surface area contributed by atoms with E-state index in [9.17, 15) is 9.59 Å². The number of aromatic amines is 1. The SMILES string of the molecule is O=C(Cc1cc(=O)[nH]c(SCc2ccc(Br)cc2)n1)NCc1ccccc1. The first-order valence-electron chi connectivity index (χ1n) is 8.36. The van der Waals surface area contributed by atoms with Crippen molar-refractivity contribution in [3.63, 3.8) is 0 Å². The highest BCUT2D eigenvalue weighted by molar-refractivity contribution is 9.10. The van der Waals surface area contributed by atoms with E-state index >= 15 is 0 Å². The summed E-state index contributed by atoms with van der Waals surface area (Å²) in [6.07, 6.45) is 0.0720. The fourth-order valence-electron chi connectivity index (χ4n) is 2.40. The normalized spacial score (nSPS) is 10.6. The molecule has 5 nitrogen and oxygen atoms in total. The molecule has 0 atom stereocenters. The molecule has 0 aliphatic rings. The molecule has 1 amide bonds. The number of benzene rings is 2. The molecule has 1 aromatic heterocycles. The minimum absolute atomic E-state index is 0.0720. The lowest BCUT2D eigenvalue weighted by Crippen LogP contribution is -2.25. The minimum atomic E-state index is -0.255. The maximum atomic E-state index is 12.1. The van der Waals surface area contributed by atoms with Crippen molar-refractivity contribution in [2.24, 2.45) is 0 Å². The Hall–Kier alpha value is -2.38. The molecule has 2 aromatic carbocycles. The minimum Gasteiger partial charge on any atom is -0.352 e. The van der Waals surface area contributed by atoms with Crippen LogP contribution >= 0.6 is 27.7 Å². The Morgan fingerprint density at radius 1 is 1.07 bits per heavy atom. The van der Waals surface area contributed by atoms with E-state index in [2.05, 4.69) is 31.2 Å². The van der Waals surface area contributed by atoms with Gasteiger partial charge in [0.15, 0.2) is 5.16 Å². The van der Waals surface area contributed by atoms with E-state index < -0.39 is 0 Å². The first kappa shape index (κ1) is 19.4. The molecule has 3 rings (SSSR count). The molecule has 138 valence electrons. The van der Waals surface area contributed by atoms with E-state index in [1.165, 1.54) is 17.8 Å². The van der Waals surface area contributed by atoms with E-state index in [-0.39, 0.29) is 17.9 Å². The van der Waals surface area contributed by atoms with Crippen LogP contribution in [-0.2, 0) is 23.5 Å². The summed E-state index contributed by atoms with van der Waals surface area (Å²) >= 11 is 4.84. The van der Waals surface area contributed by atoms with Crippen LogP contribution in [0.25, 0.3) is 0 Å². The predicted octanol–water partition coefficient (Wildman–Crippen LogP) is 3.68. The van der Waals surface area contributed by atoms with Gasteiger partial charge in [0.2, 0.25) is 5.91 Å². The summed E-state index contributed by atoms with van der Waals surface area (Å²) in [5.41, 5.74) is 2.35. The fourth-order valence-corrected chi connectivity index (χ4v) is 3.51. The number of carbonyl (C=O) groups excluding carboxylic acids is 1. The van der Waals surface area contributed by atoms with Crippen molar-refractivity contribution in [3.8, 4) is 0 Å². The monoisotopic (exact) mass is 443 g/mol. The maximum Gasteiger partial charge on any atom is 0.251 e. The lowest BCUT2D eigenvalue weighted by atomic mass is 10.2. The van der Waals surface area contributed by atoms with Crippen molar-refractivity contribution in [1.29, 1.82) is 0 Å². The van der Waals surface area contributed by atoms with Gasteiger partial charge < -0.3 is 10.3 Å². The van der Waals surface area contributed by atoms with E-state index in [1.807, 2.05) is 54.6 Å². The van der Waals surface area contributed by atoms with Crippen molar-refractivity contribution < 1.29 is 4.79 Å². The Bertz CT molecular complexity index is 959. The molecule has 2 N–H and O–H groups in total. The summed E-state index contributed by atoms with van der Waals surface area (Å²) in [6, 6.07) is 19.0. The molecule has 7 heteroatoms. The summed E-state index contributed by atoms with van der Waals surface area (Å²) in [4.78, 5) is 31.1. The van der Waals surface area contributed by atoms with Crippen molar-refractivity contribution in [2.75, 3.05) is 0 Å². The Morgan fingerprint density at radius 2 is 1.81 bits per heavy atom. The molecule has 27 heavy (non-hydrogen) atoms. The molecule has 0 fully saturated rings. The molecule has 0 aliphatic heterocycles. The Labute approximate surface area is 169 Å². The second kappa shape index (κ2) is 9.53. The number of hydrogen-bond donors (Lipinski definition) is 2. The van der Waals surface area contributed by atoms with Crippen LogP contribution < -0.4 is 10.9 Å². The van der Waals surface area contributed by atoms with Crippen LogP contribution in [0.2, 0.25) is 0 Å². The zero-order chi connectivity index (χ0) is 19.1. The van der Waals surface area contributed by atoms with Gasteiger partial charge in [0.25, 0.3) is 5.56 Å². The van der Waals surface area contributed by atoms with Crippen LogP contribution in [0.3, 0.4) is 0 Å². The number of nitrogens with one attached hydrogen (secondary N) is 2. The van der Waals surface area contributed by atoms with Gasteiger partial charge in [-0.25, -0.2) is 4.98 Å². The van der Waals surface area contributed by atoms with Gasteiger partial charge in [0, 0.05) is 22.8 Å². The number of thioether (sulfide) groups is 1. The van der Waals surface area contributed by atoms with Crippen molar-refractivity contribution in [1.82, 2.24) is 15.3 Å². The molecule has 0 aliphatic carbocycles. The van der Waals surface area contributed by atoms with Crippen LogP contribution in [0.4, 0.5) is 0 Å². The second-order valence-corrected chi connectivity index (χ2v) is 7.78. The van der Waals surface area contributed by atoms with Gasteiger partial charge in [-0.2, -0.15) is 0 Å². The van der Waals surface area contributed by atoms with Crippen molar-refractivity contribution >= 4 is 33.6 Å². The lowest BCUT2D eigenvalue weighted by Gasteiger charge is -2.06. The zero-order valence-electron chi connectivity index (χ0n) is 14.4. The molecule has 1 heterocycles. The maximum absolute atomic E-state index is 12.1. The van der Waals surface area contributed by atoms with Crippen LogP contribution in [-0.4, -0.2) is 15.9 Å². The summed E-state index contributed by atoms with van der Waals surface area (Å²) in [6.45, 7) is 0.452. The topological polar surface area (TPSA) is 74.8 Å². The highest BCUT2D eigenvalue weighted by Crippen LogP contribution is 2.20. The third kappa shape index (κ3) is 6.37. The number of hydrogen-bond acceptors (Lipinski definition) is 4. The van der Waals surface area contributed by atoms with Gasteiger partial charge in [-0.15, -0.1) is 0 Å². The molecule has 3 aromatic rings. The Morgan fingerprint density at radius 3 is 2.56 bits per heavy atom. The smallest absolute Gasteiger partial charge is 0.251 e. The molecule has 0 saturated heterocycles. The molecular weight excluding hydrogens is 426 g/mol. The summed E-state index contributed by atoms with van der Waals surface area (Å²) in [5.74, 6) is 0.515. The number of carbonyl (C=O) groups is 1. The van der Waals surface area contributed by atoms with Gasteiger partial charge >= 0.3 is 0 Å². The molecule has 0 bridgehead atoms. The standard InChI is InChI=1S/C20H18BrN3O2S/c21-16-8-6-15(7-9-16)13-27-20-23-17(11-19(26)24-20)10-18(25)22-12-14-4-2-1-3-5-14/h1-9,11H,10,12-13H2,(H,22,25)(H,23,24,26). The molecule has 0 radical (unpaired) electrons. The largest absolute Gasteiger partial charge is 0.352 e. The van der Waals surface area contributed by atoms with Gasteiger partial charge in [0.1, 0.15) is 0 Å². The quantitative estimate of drug-likeness (QED) is 0.431. The number of nitrogens with zero attached hydrogens (tertiary/aromatic N) is 1. The Balaban J connectivity index is 1.58. The first-order valence-corrected chi connectivity index (χ1v) is 10.1. The van der Waals surface area contributed by atoms with E-state index in [1.54, 1.807) is 0 Å². The molecule has 0 unspecified atom stereocenters. The number of aromatic nitrogens is 2.